The Labute approximate surface area is 122 Å². The van der Waals surface area contributed by atoms with Crippen LogP contribution in [0, 0.1) is 0 Å². The predicted molar refractivity (Wildman–Crippen MR) is 83.1 cm³/mol. The Morgan fingerprint density at radius 2 is 2.00 bits per heavy atom. The molecule has 1 aromatic carbocycles. The zero-order chi connectivity index (χ0) is 13.8. The fourth-order valence-electron chi connectivity index (χ4n) is 1.86. The van der Waals surface area contributed by atoms with Crippen LogP contribution in [-0.2, 0) is 6.54 Å². The van der Waals surface area contributed by atoms with Crippen molar-refractivity contribution < 1.29 is 0 Å². The normalized spacial score (nSPS) is 12.2. The van der Waals surface area contributed by atoms with Crippen LogP contribution < -0.4 is 10.6 Å². The lowest BCUT2D eigenvalue weighted by Gasteiger charge is -2.19. The Bertz CT molecular complexity index is 537. The Morgan fingerprint density at radius 3 is 2.58 bits per heavy atom. The molecule has 1 aromatic heterocycles. The molecule has 0 aliphatic rings. The number of anilines is 1. The minimum atomic E-state index is 0.0233. The van der Waals surface area contributed by atoms with Gasteiger partial charge in [0.05, 0.1) is 0 Å². The van der Waals surface area contributed by atoms with Crippen molar-refractivity contribution in [1.82, 2.24) is 4.98 Å². The third-order valence-electron chi connectivity index (χ3n) is 3.05. The van der Waals surface area contributed by atoms with Crippen molar-refractivity contribution in [2.24, 2.45) is 5.73 Å². The van der Waals surface area contributed by atoms with Gasteiger partial charge in [-0.2, -0.15) is 0 Å². The number of rotatable bonds is 4. The lowest BCUT2D eigenvalue weighted by Crippen LogP contribution is -2.18. The first kappa shape index (κ1) is 14.0. The van der Waals surface area contributed by atoms with Crippen LogP contribution >= 0.6 is 15.9 Å². The van der Waals surface area contributed by atoms with E-state index in [0.717, 1.165) is 22.4 Å². The van der Waals surface area contributed by atoms with Crippen LogP contribution in [-0.4, -0.2) is 12.0 Å². The SMILES string of the molecule is C[C@H](N)c1ccc(N(C)Cc2ccccc2Br)nc1. The summed E-state index contributed by atoms with van der Waals surface area (Å²) in [6.07, 6.45) is 1.84. The summed E-state index contributed by atoms with van der Waals surface area (Å²) in [6.45, 7) is 2.77. The molecule has 0 unspecified atom stereocenters. The second kappa shape index (κ2) is 6.17. The van der Waals surface area contributed by atoms with Gasteiger partial charge in [0.25, 0.3) is 0 Å². The molecule has 4 heteroatoms. The maximum Gasteiger partial charge on any atom is 0.128 e. The van der Waals surface area contributed by atoms with Crippen molar-refractivity contribution in [3.63, 3.8) is 0 Å². The fourth-order valence-corrected chi connectivity index (χ4v) is 2.27. The van der Waals surface area contributed by atoms with E-state index in [0.29, 0.717) is 0 Å². The average Bonchev–Trinajstić information content (AvgIpc) is 2.41. The standard InChI is InChI=1S/C15H18BrN3/c1-11(17)12-7-8-15(18-9-12)19(2)10-13-5-3-4-6-14(13)16/h3-9,11H,10,17H2,1-2H3/t11-/m0/s1. The average molecular weight is 320 g/mol. The molecular weight excluding hydrogens is 302 g/mol. The van der Waals surface area contributed by atoms with Gasteiger partial charge in [0.2, 0.25) is 0 Å². The van der Waals surface area contributed by atoms with Gasteiger partial charge in [-0.1, -0.05) is 40.2 Å². The van der Waals surface area contributed by atoms with Crippen molar-refractivity contribution in [1.29, 1.82) is 0 Å². The van der Waals surface area contributed by atoms with E-state index in [4.69, 9.17) is 5.73 Å². The summed E-state index contributed by atoms with van der Waals surface area (Å²) < 4.78 is 1.12. The van der Waals surface area contributed by atoms with Crippen molar-refractivity contribution >= 4 is 21.7 Å². The van der Waals surface area contributed by atoms with Gasteiger partial charge in [-0.15, -0.1) is 0 Å². The van der Waals surface area contributed by atoms with Gasteiger partial charge in [-0.25, -0.2) is 4.98 Å². The molecule has 0 fully saturated rings. The predicted octanol–water partition coefficient (Wildman–Crippen LogP) is 3.50. The fraction of sp³-hybridized carbons (Fsp3) is 0.267. The maximum atomic E-state index is 5.82. The number of aromatic nitrogens is 1. The first-order valence-corrected chi connectivity index (χ1v) is 7.03. The largest absolute Gasteiger partial charge is 0.355 e. The summed E-state index contributed by atoms with van der Waals surface area (Å²) in [6, 6.07) is 12.3. The zero-order valence-corrected chi connectivity index (χ0v) is 12.8. The molecule has 2 N–H and O–H groups in total. The smallest absolute Gasteiger partial charge is 0.128 e. The van der Waals surface area contributed by atoms with Crippen LogP contribution in [0.25, 0.3) is 0 Å². The van der Waals surface area contributed by atoms with Crippen molar-refractivity contribution in [3.8, 4) is 0 Å². The van der Waals surface area contributed by atoms with Crippen LogP contribution in [0.1, 0.15) is 24.1 Å². The minimum absolute atomic E-state index is 0.0233. The minimum Gasteiger partial charge on any atom is -0.355 e. The highest BCUT2D eigenvalue weighted by atomic mass is 79.9. The van der Waals surface area contributed by atoms with Gasteiger partial charge in [0, 0.05) is 30.3 Å². The molecule has 2 rings (SSSR count). The number of benzene rings is 1. The summed E-state index contributed by atoms with van der Waals surface area (Å²) in [5.74, 6) is 0.945. The van der Waals surface area contributed by atoms with Gasteiger partial charge in [-0.3, -0.25) is 0 Å². The van der Waals surface area contributed by atoms with E-state index in [1.807, 2.05) is 44.4 Å². The van der Waals surface area contributed by atoms with Crippen LogP contribution in [0.3, 0.4) is 0 Å². The van der Waals surface area contributed by atoms with E-state index in [9.17, 15) is 0 Å². The number of hydrogen-bond donors (Lipinski definition) is 1. The summed E-state index contributed by atoms with van der Waals surface area (Å²) in [5, 5.41) is 0. The molecule has 0 amide bonds. The number of hydrogen-bond acceptors (Lipinski definition) is 3. The quantitative estimate of drug-likeness (QED) is 0.937. The third-order valence-corrected chi connectivity index (χ3v) is 3.83. The molecular formula is C15H18BrN3. The lowest BCUT2D eigenvalue weighted by molar-refractivity contribution is 0.807. The van der Waals surface area contributed by atoms with Crippen LogP contribution in [0.2, 0.25) is 0 Å². The lowest BCUT2D eigenvalue weighted by atomic mass is 10.1. The first-order valence-electron chi connectivity index (χ1n) is 6.24. The zero-order valence-electron chi connectivity index (χ0n) is 11.2. The monoisotopic (exact) mass is 319 g/mol. The number of halogens is 1. The van der Waals surface area contributed by atoms with E-state index in [2.05, 4.69) is 37.9 Å². The molecule has 0 aliphatic heterocycles. The number of pyridine rings is 1. The molecule has 1 heterocycles. The maximum absolute atomic E-state index is 5.82. The van der Waals surface area contributed by atoms with Gasteiger partial charge >= 0.3 is 0 Å². The van der Waals surface area contributed by atoms with Crippen LogP contribution in [0.4, 0.5) is 5.82 Å². The van der Waals surface area contributed by atoms with Crippen molar-refractivity contribution in [2.75, 3.05) is 11.9 Å². The highest BCUT2D eigenvalue weighted by Gasteiger charge is 2.07. The summed E-state index contributed by atoms with van der Waals surface area (Å²) in [7, 11) is 2.04. The summed E-state index contributed by atoms with van der Waals surface area (Å²) in [4.78, 5) is 6.57. The summed E-state index contributed by atoms with van der Waals surface area (Å²) in [5.41, 5.74) is 8.12. The van der Waals surface area contributed by atoms with E-state index in [-0.39, 0.29) is 6.04 Å². The molecule has 0 aliphatic carbocycles. The Hall–Kier alpha value is -1.39. The number of nitrogens with two attached hydrogens (primary N) is 1. The highest BCUT2D eigenvalue weighted by Crippen LogP contribution is 2.20. The molecule has 1 atom stereocenters. The molecule has 0 spiro atoms. The molecule has 0 saturated heterocycles. The molecule has 0 bridgehead atoms. The van der Waals surface area contributed by atoms with Crippen LogP contribution in [0.5, 0.6) is 0 Å². The summed E-state index contributed by atoms with van der Waals surface area (Å²) >= 11 is 3.56. The van der Waals surface area contributed by atoms with E-state index in [1.54, 1.807) is 0 Å². The molecule has 0 saturated carbocycles. The molecule has 100 valence electrons. The Kier molecular flexibility index (Phi) is 4.56. The second-order valence-corrected chi connectivity index (χ2v) is 5.54. The van der Waals surface area contributed by atoms with Gasteiger partial charge < -0.3 is 10.6 Å². The van der Waals surface area contributed by atoms with Gasteiger partial charge in [0.15, 0.2) is 0 Å². The van der Waals surface area contributed by atoms with Crippen molar-refractivity contribution in [2.45, 2.75) is 19.5 Å². The van der Waals surface area contributed by atoms with E-state index in [1.165, 1.54) is 5.56 Å². The highest BCUT2D eigenvalue weighted by molar-refractivity contribution is 9.10. The van der Waals surface area contributed by atoms with Crippen molar-refractivity contribution in [3.05, 3.63) is 58.2 Å². The molecule has 0 radical (unpaired) electrons. The Balaban J connectivity index is 2.12. The topological polar surface area (TPSA) is 42.1 Å². The van der Waals surface area contributed by atoms with Gasteiger partial charge in [0.1, 0.15) is 5.82 Å². The molecule has 2 aromatic rings. The van der Waals surface area contributed by atoms with E-state index < -0.39 is 0 Å². The van der Waals surface area contributed by atoms with E-state index >= 15 is 0 Å². The third kappa shape index (κ3) is 3.55. The molecule has 3 nitrogen and oxygen atoms in total. The number of nitrogens with zero attached hydrogens (tertiary/aromatic N) is 2. The first-order chi connectivity index (χ1) is 9.08. The van der Waals surface area contributed by atoms with Crippen LogP contribution in [0.15, 0.2) is 47.1 Å². The van der Waals surface area contributed by atoms with Gasteiger partial charge in [-0.05, 0) is 30.2 Å². The molecule has 19 heavy (non-hydrogen) atoms. The second-order valence-electron chi connectivity index (χ2n) is 4.69. The Morgan fingerprint density at radius 1 is 1.26 bits per heavy atom.